The van der Waals surface area contributed by atoms with Gasteiger partial charge in [0.25, 0.3) is 0 Å². The number of carboxylic acid groups (broad SMARTS) is 1. The molecule has 0 saturated heterocycles. The predicted octanol–water partition coefficient (Wildman–Crippen LogP) is 0.496. The minimum Gasteiger partial charge on any atom is -0.497 e. The number of aromatic nitrogens is 2. The number of aliphatic carboxylic acids is 1. The average Bonchev–Trinajstić information content (AvgIpc) is 2.43. The lowest BCUT2D eigenvalue weighted by molar-refractivity contribution is -0.138. The first-order valence-electron chi connectivity index (χ1n) is 5.54. The molecule has 0 fully saturated rings. The zero-order valence-corrected chi connectivity index (χ0v) is 10.2. The van der Waals surface area contributed by atoms with E-state index in [1.807, 2.05) is 0 Å². The maximum absolute atomic E-state index is 10.9. The summed E-state index contributed by atoms with van der Waals surface area (Å²) in [5.41, 5.74) is 0.624. The first kappa shape index (κ1) is 13.0. The molecule has 2 rings (SSSR count). The third-order valence-corrected chi connectivity index (χ3v) is 2.64. The van der Waals surface area contributed by atoms with Crippen LogP contribution in [0.5, 0.6) is 5.75 Å². The smallest absolute Gasteiger partial charge is 0.328 e. The zero-order chi connectivity index (χ0) is 13.8. The Morgan fingerprint density at radius 3 is 2.89 bits per heavy atom. The van der Waals surface area contributed by atoms with Crippen molar-refractivity contribution >= 4 is 22.7 Å². The van der Waals surface area contributed by atoms with Crippen LogP contribution in [-0.4, -0.2) is 45.9 Å². The standard InChI is InChI=1S/C12H13N3O4/c1-19-7-2-3-8-9(4-7)13-6-14-11(8)15-10(5-16)12(17)18/h2-4,6,10,16H,5H2,1H3,(H,17,18)(H,13,14,15). The Hall–Kier alpha value is -2.41. The van der Waals surface area contributed by atoms with Gasteiger partial charge >= 0.3 is 5.97 Å². The van der Waals surface area contributed by atoms with Crippen molar-refractivity contribution in [2.75, 3.05) is 19.0 Å². The maximum atomic E-state index is 10.9. The van der Waals surface area contributed by atoms with Crippen molar-refractivity contribution in [3.8, 4) is 5.75 Å². The van der Waals surface area contributed by atoms with Gasteiger partial charge in [-0.25, -0.2) is 14.8 Å². The van der Waals surface area contributed by atoms with E-state index in [2.05, 4.69) is 15.3 Å². The lowest BCUT2D eigenvalue weighted by Gasteiger charge is -2.13. The summed E-state index contributed by atoms with van der Waals surface area (Å²) >= 11 is 0. The van der Waals surface area contributed by atoms with Crippen molar-refractivity contribution in [3.63, 3.8) is 0 Å². The Balaban J connectivity index is 2.41. The third kappa shape index (κ3) is 2.71. The number of rotatable bonds is 5. The number of fused-ring (bicyclic) bond motifs is 1. The second-order valence-corrected chi connectivity index (χ2v) is 3.82. The summed E-state index contributed by atoms with van der Waals surface area (Å²) in [5.74, 6) is -0.147. The molecule has 1 aromatic heterocycles. The van der Waals surface area contributed by atoms with Crippen molar-refractivity contribution in [1.82, 2.24) is 9.97 Å². The number of nitrogens with one attached hydrogen (secondary N) is 1. The predicted molar refractivity (Wildman–Crippen MR) is 68.2 cm³/mol. The number of carboxylic acids is 1. The van der Waals surface area contributed by atoms with Crippen LogP contribution in [0.4, 0.5) is 5.82 Å². The molecule has 1 aromatic carbocycles. The molecule has 7 nitrogen and oxygen atoms in total. The van der Waals surface area contributed by atoms with Crippen LogP contribution < -0.4 is 10.1 Å². The molecule has 19 heavy (non-hydrogen) atoms. The molecule has 0 radical (unpaired) electrons. The largest absolute Gasteiger partial charge is 0.497 e. The van der Waals surface area contributed by atoms with E-state index in [1.165, 1.54) is 6.33 Å². The second-order valence-electron chi connectivity index (χ2n) is 3.82. The first-order chi connectivity index (χ1) is 9.15. The van der Waals surface area contributed by atoms with Gasteiger partial charge in [0.15, 0.2) is 0 Å². The maximum Gasteiger partial charge on any atom is 0.328 e. The van der Waals surface area contributed by atoms with Crippen molar-refractivity contribution in [1.29, 1.82) is 0 Å². The van der Waals surface area contributed by atoms with E-state index in [1.54, 1.807) is 25.3 Å². The number of aliphatic hydroxyl groups is 1. The number of hydrogen-bond acceptors (Lipinski definition) is 6. The minimum atomic E-state index is -1.15. The molecule has 3 N–H and O–H groups in total. The van der Waals surface area contributed by atoms with Crippen LogP contribution in [0.15, 0.2) is 24.5 Å². The summed E-state index contributed by atoms with van der Waals surface area (Å²) in [4.78, 5) is 19.0. The molecule has 0 saturated carbocycles. The van der Waals surface area contributed by atoms with Gasteiger partial charge in [-0.15, -0.1) is 0 Å². The molecule has 0 aliphatic heterocycles. The molecule has 7 heteroatoms. The van der Waals surface area contributed by atoms with Crippen molar-refractivity contribution < 1.29 is 19.7 Å². The highest BCUT2D eigenvalue weighted by molar-refractivity contribution is 5.91. The van der Waals surface area contributed by atoms with E-state index >= 15 is 0 Å². The minimum absolute atomic E-state index is 0.356. The number of carbonyl (C=O) groups is 1. The normalized spacial score (nSPS) is 12.1. The summed E-state index contributed by atoms with van der Waals surface area (Å²) in [6.45, 7) is -0.531. The number of hydrogen-bond donors (Lipinski definition) is 3. The fraction of sp³-hybridized carbons (Fsp3) is 0.250. The fourth-order valence-corrected chi connectivity index (χ4v) is 1.63. The molecule has 1 heterocycles. The zero-order valence-electron chi connectivity index (χ0n) is 10.2. The van der Waals surface area contributed by atoms with Gasteiger partial charge in [0.05, 0.1) is 19.2 Å². The Bertz CT molecular complexity index is 603. The van der Waals surface area contributed by atoms with E-state index in [-0.39, 0.29) is 0 Å². The van der Waals surface area contributed by atoms with Crippen LogP contribution in [0.25, 0.3) is 10.9 Å². The number of methoxy groups -OCH3 is 1. The molecule has 2 aromatic rings. The van der Waals surface area contributed by atoms with Crippen LogP contribution >= 0.6 is 0 Å². The topological polar surface area (TPSA) is 105 Å². The number of ether oxygens (including phenoxy) is 1. The summed E-state index contributed by atoms with van der Waals surface area (Å²) in [6, 6.07) is 4.06. The first-order valence-corrected chi connectivity index (χ1v) is 5.54. The van der Waals surface area contributed by atoms with Crippen molar-refractivity contribution in [2.45, 2.75) is 6.04 Å². The lowest BCUT2D eigenvalue weighted by Crippen LogP contribution is -2.33. The van der Waals surface area contributed by atoms with Gasteiger partial charge < -0.3 is 20.3 Å². The summed E-state index contributed by atoms with van der Waals surface area (Å²) in [7, 11) is 1.55. The molecule has 0 amide bonds. The fourth-order valence-electron chi connectivity index (χ4n) is 1.63. The van der Waals surface area contributed by atoms with Gasteiger partial charge in [-0.1, -0.05) is 0 Å². The van der Waals surface area contributed by atoms with Crippen LogP contribution in [-0.2, 0) is 4.79 Å². The van der Waals surface area contributed by atoms with Crippen molar-refractivity contribution in [3.05, 3.63) is 24.5 Å². The quantitative estimate of drug-likeness (QED) is 0.721. The van der Waals surface area contributed by atoms with Crippen LogP contribution in [0.3, 0.4) is 0 Å². The molecule has 0 aliphatic carbocycles. The Kier molecular flexibility index (Phi) is 3.76. The molecule has 0 aliphatic rings. The Labute approximate surface area is 108 Å². The average molecular weight is 263 g/mol. The number of benzene rings is 1. The van der Waals surface area contributed by atoms with Gasteiger partial charge in [0.1, 0.15) is 23.9 Å². The monoisotopic (exact) mass is 263 g/mol. The second kappa shape index (κ2) is 5.49. The number of anilines is 1. The van der Waals surface area contributed by atoms with Gasteiger partial charge in [0.2, 0.25) is 0 Å². The molecule has 100 valence electrons. The Morgan fingerprint density at radius 2 is 2.26 bits per heavy atom. The van der Waals surface area contributed by atoms with Crippen LogP contribution in [0, 0.1) is 0 Å². The summed E-state index contributed by atoms with van der Waals surface area (Å²) < 4.78 is 5.09. The summed E-state index contributed by atoms with van der Waals surface area (Å²) in [6.07, 6.45) is 1.32. The van der Waals surface area contributed by atoms with E-state index in [4.69, 9.17) is 14.9 Å². The molecule has 1 unspecified atom stereocenters. The highest BCUT2D eigenvalue weighted by atomic mass is 16.5. The highest BCUT2D eigenvalue weighted by Gasteiger charge is 2.17. The molecule has 1 atom stereocenters. The van der Waals surface area contributed by atoms with E-state index in [9.17, 15) is 4.79 Å². The van der Waals surface area contributed by atoms with E-state index in [0.717, 1.165) is 0 Å². The van der Waals surface area contributed by atoms with Gasteiger partial charge in [-0.2, -0.15) is 0 Å². The van der Waals surface area contributed by atoms with Crippen molar-refractivity contribution in [2.24, 2.45) is 0 Å². The van der Waals surface area contributed by atoms with Gasteiger partial charge in [0, 0.05) is 11.5 Å². The van der Waals surface area contributed by atoms with Crippen LogP contribution in [0.1, 0.15) is 0 Å². The summed E-state index contributed by atoms with van der Waals surface area (Å²) in [5, 5.41) is 21.2. The highest BCUT2D eigenvalue weighted by Crippen LogP contribution is 2.23. The van der Waals surface area contributed by atoms with Gasteiger partial charge in [-0.05, 0) is 12.1 Å². The third-order valence-electron chi connectivity index (χ3n) is 2.64. The molecule has 0 spiro atoms. The number of aliphatic hydroxyl groups excluding tert-OH is 1. The Morgan fingerprint density at radius 1 is 1.47 bits per heavy atom. The molecular weight excluding hydrogens is 250 g/mol. The lowest BCUT2D eigenvalue weighted by atomic mass is 10.2. The molecule has 0 bridgehead atoms. The van der Waals surface area contributed by atoms with Gasteiger partial charge in [-0.3, -0.25) is 0 Å². The van der Waals surface area contributed by atoms with E-state index in [0.29, 0.717) is 22.5 Å². The van der Waals surface area contributed by atoms with E-state index < -0.39 is 18.6 Å². The van der Waals surface area contributed by atoms with Crippen LogP contribution in [0.2, 0.25) is 0 Å². The SMILES string of the molecule is COc1ccc2c(NC(CO)C(=O)O)ncnc2c1. The molecular formula is C12H13N3O4. The number of nitrogens with zero attached hydrogens (tertiary/aromatic N) is 2.